The van der Waals surface area contributed by atoms with E-state index in [2.05, 4.69) is 20.4 Å². The van der Waals surface area contributed by atoms with E-state index in [9.17, 15) is 9.90 Å². The SMILES string of the molecule is COc1cccc(NC2C(=O)N(c3ccc(-c4cn[nH]c4)cc3)CC23CCN(CC(C)(C)O)CC3)c1. The van der Waals surface area contributed by atoms with E-state index in [4.69, 9.17) is 4.74 Å². The van der Waals surface area contributed by atoms with Gasteiger partial charge in [0.25, 0.3) is 0 Å². The van der Waals surface area contributed by atoms with Crippen LogP contribution in [0.5, 0.6) is 5.75 Å². The topological polar surface area (TPSA) is 93.7 Å². The van der Waals surface area contributed by atoms with Gasteiger partial charge in [0.2, 0.25) is 5.91 Å². The van der Waals surface area contributed by atoms with E-state index in [1.54, 1.807) is 13.3 Å². The van der Waals surface area contributed by atoms with Gasteiger partial charge < -0.3 is 25.0 Å². The maximum atomic E-state index is 13.9. The predicted octanol–water partition coefficient (Wildman–Crippen LogP) is 3.77. The summed E-state index contributed by atoms with van der Waals surface area (Å²) in [6.07, 6.45) is 5.40. The molecule has 3 heterocycles. The van der Waals surface area contributed by atoms with Gasteiger partial charge in [-0.25, -0.2) is 0 Å². The van der Waals surface area contributed by atoms with Crippen molar-refractivity contribution in [3.05, 3.63) is 60.9 Å². The van der Waals surface area contributed by atoms with Crippen molar-refractivity contribution < 1.29 is 14.6 Å². The molecule has 0 radical (unpaired) electrons. The summed E-state index contributed by atoms with van der Waals surface area (Å²) in [4.78, 5) is 18.2. The van der Waals surface area contributed by atoms with Gasteiger partial charge in [0, 0.05) is 47.7 Å². The Morgan fingerprint density at radius 3 is 2.56 bits per heavy atom. The Bertz CT molecular complexity index is 1180. The van der Waals surface area contributed by atoms with Gasteiger partial charge in [0.05, 0.1) is 18.9 Å². The number of piperidine rings is 1. The zero-order valence-corrected chi connectivity index (χ0v) is 21.2. The number of aliphatic hydroxyl groups is 1. The summed E-state index contributed by atoms with van der Waals surface area (Å²) in [5, 5.41) is 20.8. The molecular weight excluding hydrogens is 454 g/mol. The number of ether oxygens (including phenoxy) is 1. The monoisotopic (exact) mass is 489 g/mol. The number of anilines is 2. The first kappa shape index (κ1) is 24.3. The lowest BCUT2D eigenvalue weighted by Crippen LogP contribution is -2.51. The minimum atomic E-state index is -0.739. The maximum absolute atomic E-state index is 13.9. The molecule has 3 aromatic rings. The highest BCUT2D eigenvalue weighted by Gasteiger charge is 2.53. The van der Waals surface area contributed by atoms with E-state index in [-0.39, 0.29) is 17.4 Å². The normalized spacial score (nSPS) is 20.2. The molecule has 8 nitrogen and oxygen atoms in total. The lowest BCUT2D eigenvalue weighted by molar-refractivity contribution is -0.119. The highest BCUT2D eigenvalue weighted by molar-refractivity contribution is 6.02. The summed E-state index contributed by atoms with van der Waals surface area (Å²) in [5.74, 6) is 0.844. The van der Waals surface area contributed by atoms with Gasteiger partial charge in [0.15, 0.2) is 0 Å². The molecule has 5 rings (SSSR count). The number of hydrogen-bond donors (Lipinski definition) is 3. The van der Waals surface area contributed by atoms with Crippen LogP contribution < -0.4 is 15.0 Å². The summed E-state index contributed by atoms with van der Waals surface area (Å²) in [6, 6.07) is 15.5. The molecule has 1 unspecified atom stereocenters. The third-order valence-corrected chi connectivity index (χ3v) is 7.45. The second-order valence-corrected chi connectivity index (χ2v) is 10.7. The minimum absolute atomic E-state index is 0.0878. The molecule has 1 amide bonds. The summed E-state index contributed by atoms with van der Waals surface area (Å²) >= 11 is 0. The molecule has 190 valence electrons. The highest BCUT2D eigenvalue weighted by Crippen LogP contribution is 2.44. The van der Waals surface area contributed by atoms with Gasteiger partial charge in [-0.3, -0.25) is 9.89 Å². The number of amides is 1. The number of H-pyrrole nitrogens is 1. The van der Waals surface area contributed by atoms with Crippen LogP contribution in [0, 0.1) is 5.41 Å². The standard InChI is InChI=1S/C28H35N5O3/c1-27(2,35)18-32-13-11-28(12-14-32)19-33(23-9-7-20(8-10-23)21-16-29-30-17-21)26(34)25(28)31-22-5-4-6-24(15-22)36-3/h4-10,15-17,25,31,35H,11-14,18-19H2,1-3H3,(H,29,30). The zero-order chi connectivity index (χ0) is 25.3. The van der Waals surface area contributed by atoms with E-state index in [0.29, 0.717) is 13.1 Å². The summed E-state index contributed by atoms with van der Waals surface area (Å²) in [5.41, 5.74) is 2.90. The summed E-state index contributed by atoms with van der Waals surface area (Å²) in [7, 11) is 1.65. The van der Waals surface area contributed by atoms with E-state index in [1.807, 2.05) is 73.5 Å². The van der Waals surface area contributed by atoms with Gasteiger partial charge in [-0.15, -0.1) is 0 Å². The molecule has 1 atom stereocenters. The Hall–Kier alpha value is -3.36. The molecule has 0 bridgehead atoms. The van der Waals surface area contributed by atoms with Gasteiger partial charge in [-0.1, -0.05) is 18.2 Å². The average Bonchev–Trinajstić information content (AvgIpc) is 3.49. The molecule has 2 aliphatic heterocycles. The third kappa shape index (κ3) is 4.96. The number of likely N-dealkylation sites (tertiary alicyclic amines) is 1. The van der Waals surface area contributed by atoms with Crippen molar-refractivity contribution in [2.75, 3.05) is 43.5 Å². The molecule has 2 aliphatic rings. The summed E-state index contributed by atoms with van der Waals surface area (Å²) < 4.78 is 5.40. The van der Waals surface area contributed by atoms with E-state index in [1.165, 1.54) is 0 Å². The Morgan fingerprint density at radius 2 is 1.92 bits per heavy atom. The third-order valence-electron chi connectivity index (χ3n) is 7.45. The number of hydrogen-bond acceptors (Lipinski definition) is 6. The molecule has 0 saturated carbocycles. The van der Waals surface area contributed by atoms with Crippen LogP contribution >= 0.6 is 0 Å². The lowest BCUT2D eigenvalue weighted by atomic mass is 9.74. The molecule has 36 heavy (non-hydrogen) atoms. The van der Waals surface area contributed by atoms with Gasteiger partial charge in [-0.05, 0) is 69.6 Å². The Morgan fingerprint density at radius 1 is 1.17 bits per heavy atom. The smallest absolute Gasteiger partial charge is 0.250 e. The molecular formula is C28H35N5O3. The second kappa shape index (κ2) is 9.59. The van der Waals surface area contributed by atoms with Crippen LogP contribution in [0.3, 0.4) is 0 Å². The van der Waals surface area contributed by atoms with Crippen LogP contribution in [0.1, 0.15) is 26.7 Å². The first-order chi connectivity index (χ1) is 17.3. The molecule has 1 spiro atoms. The second-order valence-electron chi connectivity index (χ2n) is 10.7. The number of nitrogens with one attached hydrogen (secondary N) is 2. The molecule has 2 fully saturated rings. The van der Waals surface area contributed by atoms with Gasteiger partial charge in [-0.2, -0.15) is 5.10 Å². The number of β-amino-alcohol motifs (C(OH)–C–C–N with tert-alkyl or cyclic N) is 1. The fraction of sp³-hybridized carbons (Fsp3) is 0.429. The minimum Gasteiger partial charge on any atom is -0.497 e. The van der Waals surface area contributed by atoms with Crippen LogP contribution in [0.15, 0.2) is 60.9 Å². The van der Waals surface area contributed by atoms with Crippen LogP contribution in [-0.2, 0) is 4.79 Å². The number of carbonyl (C=O) groups is 1. The average molecular weight is 490 g/mol. The van der Waals surface area contributed by atoms with E-state index < -0.39 is 5.60 Å². The van der Waals surface area contributed by atoms with Crippen molar-refractivity contribution in [3.63, 3.8) is 0 Å². The molecule has 3 N–H and O–H groups in total. The van der Waals surface area contributed by atoms with Crippen molar-refractivity contribution >= 4 is 17.3 Å². The number of methoxy groups -OCH3 is 1. The largest absolute Gasteiger partial charge is 0.497 e. The zero-order valence-electron chi connectivity index (χ0n) is 21.2. The number of rotatable bonds is 7. The molecule has 0 aliphatic carbocycles. The summed E-state index contributed by atoms with van der Waals surface area (Å²) in [6.45, 7) is 6.68. The van der Waals surface area contributed by atoms with Gasteiger partial charge in [0.1, 0.15) is 11.8 Å². The van der Waals surface area contributed by atoms with Crippen molar-refractivity contribution in [3.8, 4) is 16.9 Å². The number of nitrogens with zero attached hydrogens (tertiary/aromatic N) is 3. The number of benzene rings is 2. The fourth-order valence-electron chi connectivity index (χ4n) is 5.61. The molecule has 2 aromatic carbocycles. The Kier molecular flexibility index (Phi) is 6.49. The number of carbonyl (C=O) groups excluding carboxylic acids is 1. The molecule has 2 saturated heterocycles. The van der Waals surface area contributed by atoms with Crippen molar-refractivity contribution in [2.24, 2.45) is 5.41 Å². The van der Waals surface area contributed by atoms with E-state index >= 15 is 0 Å². The molecule has 8 heteroatoms. The highest BCUT2D eigenvalue weighted by atomic mass is 16.5. The van der Waals surface area contributed by atoms with Crippen LogP contribution in [0.4, 0.5) is 11.4 Å². The van der Waals surface area contributed by atoms with Crippen molar-refractivity contribution in [1.82, 2.24) is 15.1 Å². The number of aromatic amines is 1. The predicted molar refractivity (Wildman–Crippen MR) is 141 cm³/mol. The quantitative estimate of drug-likeness (QED) is 0.468. The van der Waals surface area contributed by atoms with Crippen LogP contribution in [-0.4, -0.2) is 71.0 Å². The van der Waals surface area contributed by atoms with E-state index in [0.717, 1.165) is 54.2 Å². The maximum Gasteiger partial charge on any atom is 0.250 e. The molecule has 1 aromatic heterocycles. The van der Waals surface area contributed by atoms with Crippen molar-refractivity contribution in [2.45, 2.75) is 38.3 Å². The Balaban J connectivity index is 1.41. The Labute approximate surface area is 212 Å². The fourth-order valence-corrected chi connectivity index (χ4v) is 5.61. The van der Waals surface area contributed by atoms with Gasteiger partial charge >= 0.3 is 0 Å². The lowest BCUT2D eigenvalue weighted by Gasteiger charge is -2.43. The van der Waals surface area contributed by atoms with Crippen LogP contribution in [0.25, 0.3) is 11.1 Å². The first-order valence-electron chi connectivity index (χ1n) is 12.5. The first-order valence-corrected chi connectivity index (χ1v) is 12.5. The van der Waals surface area contributed by atoms with Crippen molar-refractivity contribution in [1.29, 1.82) is 0 Å². The van der Waals surface area contributed by atoms with Crippen LogP contribution in [0.2, 0.25) is 0 Å². The number of aromatic nitrogens is 2.